The van der Waals surface area contributed by atoms with Gasteiger partial charge in [-0.2, -0.15) is 0 Å². The molecule has 0 bridgehead atoms. The Morgan fingerprint density at radius 3 is 2.67 bits per heavy atom. The maximum absolute atomic E-state index is 12.3. The van der Waals surface area contributed by atoms with Gasteiger partial charge in [0.2, 0.25) is 0 Å². The highest BCUT2D eigenvalue weighted by Gasteiger charge is 2.23. The number of nitrogens with one attached hydrogen (secondary N) is 1. The van der Waals surface area contributed by atoms with E-state index in [1.165, 1.54) is 0 Å². The Morgan fingerprint density at radius 2 is 1.96 bits per heavy atom. The molecule has 1 aliphatic heterocycles. The van der Waals surface area contributed by atoms with Crippen LogP contribution in [0.25, 0.3) is 0 Å². The molecule has 1 fully saturated rings. The Morgan fingerprint density at radius 1 is 1.22 bits per heavy atom. The van der Waals surface area contributed by atoms with Gasteiger partial charge in [-0.05, 0) is 18.4 Å². The zero-order chi connectivity index (χ0) is 19.1. The monoisotopic (exact) mass is 373 g/mol. The first-order chi connectivity index (χ1) is 13.1. The number of amides is 1. The van der Waals surface area contributed by atoms with E-state index in [9.17, 15) is 14.7 Å². The third kappa shape index (κ3) is 5.63. The van der Waals surface area contributed by atoms with Crippen LogP contribution in [0.4, 0.5) is 0 Å². The molecule has 1 amide bonds. The van der Waals surface area contributed by atoms with Gasteiger partial charge in [-0.15, -0.1) is 0 Å². The van der Waals surface area contributed by atoms with Crippen molar-refractivity contribution in [3.63, 3.8) is 0 Å². The predicted octanol–water partition coefficient (Wildman–Crippen LogP) is 1.32. The molecule has 1 atom stereocenters. The number of rotatable bonds is 8. The summed E-state index contributed by atoms with van der Waals surface area (Å²) in [6, 6.07) is 10.1. The van der Waals surface area contributed by atoms with Gasteiger partial charge in [0.1, 0.15) is 6.04 Å². The Bertz CT molecular complexity index is 756. The largest absolute Gasteiger partial charge is 0.480 e. The fraction of sp³-hybridized carbons (Fsp3) is 0.421. The van der Waals surface area contributed by atoms with E-state index in [0.29, 0.717) is 38.4 Å². The maximum Gasteiger partial charge on any atom is 0.326 e. The fourth-order valence-corrected chi connectivity index (χ4v) is 2.92. The molecule has 2 N–H and O–H groups in total. The summed E-state index contributed by atoms with van der Waals surface area (Å²) >= 11 is 0. The minimum Gasteiger partial charge on any atom is -0.480 e. The highest BCUT2D eigenvalue weighted by molar-refractivity contribution is 5.94. The van der Waals surface area contributed by atoms with Crippen LogP contribution in [0.3, 0.4) is 0 Å². The normalized spacial score (nSPS) is 16.0. The van der Waals surface area contributed by atoms with E-state index in [-0.39, 0.29) is 5.69 Å². The van der Waals surface area contributed by atoms with Crippen molar-refractivity contribution in [2.75, 3.05) is 26.3 Å². The summed E-state index contributed by atoms with van der Waals surface area (Å²) in [5.74, 6) is -1.05. The topological polar surface area (TPSA) is 105 Å². The molecule has 0 aliphatic carbocycles. The van der Waals surface area contributed by atoms with Gasteiger partial charge in [-0.3, -0.25) is 9.69 Å². The van der Waals surface area contributed by atoms with Crippen molar-refractivity contribution in [2.45, 2.75) is 25.4 Å². The van der Waals surface area contributed by atoms with Crippen molar-refractivity contribution in [1.29, 1.82) is 0 Å². The molecule has 8 nitrogen and oxygen atoms in total. The van der Waals surface area contributed by atoms with Crippen LogP contribution in [0.5, 0.6) is 0 Å². The molecule has 1 aliphatic rings. The lowest BCUT2D eigenvalue weighted by Gasteiger charge is -2.25. The summed E-state index contributed by atoms with van der Waals surface area (Å²) in [6.45, 7) is 3.47. The quantitative estimate of drug-likeness (QED) is 0.719. The highest BCUT2D eigenvalue weighted by Crippen LogP contribution is 2.10. The first kappa shape index (κ1) is 19.1. The van der Waals surface area contributed by atoms with Crippen LogP contribution in [0.1, 0.15) is 28.2 Å². The predicted molar refractivity (Wildman–Crippen MR) is 96.3 cm³/mol. The SMILES string of the molecule is O=C(N[C@@H](CCc1ccccc1)C(=O)O)c1cc(CN2CCOCC2)on1. The molecule has 3 rings (SSSR count). The third-order valence-electron chi connectivity index (χ3n) is 4.44. The van der Waals surface area contributed by atoms with Crippen LogP contribution < -0.4 is 5.32 Å². The molecular weight excluding hydrogens is 350 g/mol. The smallest absolute Gasteiger partial charge is 0.326 e. The van der Waals surface area contributed by atoms with Crippen LogP contribution in [-0.2, 0) is 22.5 Å². The van der Waals surface area contributed by atoms with Gasteiger partial charge >= 0.3 is 5.97 Å². The van der Waals surface area contributed by atoms with Gasteiger partial charge in [0, 0.05) is 19.2 Å². The summed E-state index contributed by atoms with van der Waals surface area (Å²) in [5.41, 5.74) is 1.11. The standard InChI is InChI=1S/C19H23N3O5/c23-18(17-12-15(27-21-17)13-22-8-10-26-11-9-22)20-16(19(24)25)7-6-14-4-2-1-3-5-14/h1-5,12,16H,6-11,13H2,(H,20,23)(H,24,25)/t16-/m0/s1. The number of aliphatic carboxylic acids is 1. The number of aryl methyl sites for hydroxylation is 1. The Hall–Kier alpha value is -2.71. The van der Waals surface area contributed by atoms with E-state index in [2.05, 4.69) is 15.4 Å². The molecule has 1 aromatic carbocycles. The molecule has 144 valence electrons. The van der Waals surface area contributed by atoms with E-state index in [0.717, 1.165) is 18.7 Å². The van der Waals surface area contributed by atoms with Gasteiger partial charge in [-0.1, -0.05) is 35.5 Å². The summed E-state index contributed by atoms with van der Waals surface area (Å²) in [6.07, 6.45) is 0.850. The van der Waals surface area contributed by atoms with Crippen molar-refractivity contribution in [3.8, 4) is 0 Å². The molecule has 1 aromatic heterocycles. The summed E-state index contributed by atoms with van der Waals surface area (Å²) in [7, 11) is 0. The van der Waals surface area contributed by atoms with Crippen molar-refractivity contribution in [3.05, 3.63) is 53.4 Å². The van der Waals surface area contributed by atoms with Gasteiger partial charge in [0.05, 0.1) is 19.8 Å². The second kappa shape index (κ2) is 9.29. The van der Waals surface area contributed by atoms with Crippen molar-refractivity contribution < 1.29 is 24.0 Å². The van der Waals surface area contributed by atoms with Gasteiger partial charge < -0.3 is 19.7 Å². The maximum atomic E-state index is 12.3. The van der Waals surface area contributed by atoms with Gasteiger partial charge in [0.15, 0.2) is 11.5 Å². The first-order valence-electron chi connectivity index (χ1n) is 8.95. The second-order valence-corrected chi connectivity index (χ2v) is 6.46. The average Bonchev–Trinajstić information content (AvgIpc) is 3.15. The fourth-order valence-electron chi connectivity index (χ4n) is 2.92. The Kier molecular flexibility index (Phi) is 6.56. The van der Waals surface area contributed by atoms with E-state index >= 15 is 0 Å². The van der Waals surface area contributed by atoms with Crippen molar-refractivity contribution in [2.24, 2.45) is 0 Å². The van der Waals surface area contributed by atoms with Crippen LogP contribution in [0, 0.1) is 0 Å². The molecule has 2 heterocycles. The number of carboxylic acids is 1. The van der Waals surface area contributed by atoms with E-state index in [1.807, 2.05) is 30.3 Å². The third-order valence-corrected chi connectivity index (χ3v) is 4.44. The molecule has 0 radical (unpaired) electrons. The van der Waals surface area contributed by atoms with Crippen LogP contribution in [0.2, 0.25) is 0 Å². The summed E-state index contributed by atoms with van der Waals surface area (Å²) < 4.78 is 10.5. The molecule has 27 heavy (non-hydrogen) atoms. The number of ether oxygens (including phenoxy) is 1. The second-order valence-electron chi connectivity index (χ2n) is 6.46. The number of nitrogens with zero attached hydrogens (tertiary/aromatic N) is 2. The van der Waals surface area contributed by atoms with Crippen molar-refractivity contribution >= 4 is 11.9 Å². The Balaban J connectivity index is 1.54. The van der Waals surface area contributed by atoms with Crippen LogP contribution in [0.15, 0.2) is 40.9 Å². The molecule has 1 saturated heterocycles. The first-order valence-corrected chi connectivity index (χ1v) is 8.95. The lowest BCUT2D eigenvalue weighted by Crippen LogP contribution is -2.41. The molecule has 0 unspecified atom stereocenters. The lowest BCUT2D eigenvalue weighted by atomic mass is 10.1. The molecule has 8 heteroatoms. The number of carbonyl (C=O) groups is 2. The molecule has 2 aromatic rings. The average molecular weight is 373 g/mol. The Labute approximate surface area is 157 Å². The van der Waals surface area contributed by atoms with Gasteiger partial charge in [0.25, 0.3) is 5.91 Å². The number of aromatic nitrogens is 1. The lowest BCUT2D eigenvalue weighted by molar-refractivity contribution is -0.139. The molecule has 0 spiro atoms. The number of hydrogen-bond acceptors (Lipinski definition) is 6. The number of hydrogen-bond donors (Lipinski definition) is 2. The minimum absolute atomic E-state index is 0.0872. The van der Waals surface area contributed by atoms with Crippen molar-refractivity contribution in [1.82, 2.24) is 15.4 Å². The molecule has 0 saturated carbocycles. The summed E-state index contributed by atoms with van der Waals surface area (Å²) in [4.78, 5) is 26.0. The highest BCUT2D eigenvalue weighted by atomic mass is 16.5. The molecular formula is C19H23N3O5. The van der Waals surface area contributed by atoms with E-state index in [4.69, 9.17) is 9.26 Å². The van der Waals surface area contributed by atoms with Gasteiger partial charge in [-0.25, -0.2) is 4.79 Å². The number of benzene rings is 1. The van der Waals surface area contributed by atoms with Crippen LogP contribution >= 0.6 is 0 Å². The minimum atomic E-state index is -1.07. The zero-order valence-electron chi connectivity index (χ0n) is 15.0. The van der Waals surface area contributed by atoms with Crippen LogP contribution in [-0.4, -0.2) is 59.4 Å². The van der Waals surface area contributed by atoms with E-state index in [1.54, 1.807) is 6.07 Å². The number of carboxylic acid groups (broad SMARTS) is 1. The van der Waals surface area contributed by atoms with E-state index < -0.39 is 17.9 Å². The zero-order valence-corrected chi connectivity index (χ0v) is 15.0. The number of morpholine rings is 1. The summed E-state index contributed by atoms with van der Waals surface area (Å²) in [5, 5.41) is 15.7. The number of carbonyl (C=O) groups excluding carboxylic acids is 1.